The number of nitrogens with one attached hydrogen (secondary N) is 2. The Bertz CT molecular complexity index is 2150. The molecule has 6 aliphatic rings. The van der Waals surface area contributed by atoms with Gasteiger partial charge in [0.1, 0.15) is 23.7 Å². The van der Waals surface area contributed by atoms with Crippen molar-refractivity contribution < 1.29 is 55.7 Å². The molecule has 4 heterocycles. The largest absolute Gasteiger partial charge is 0.586 e. The second-order valence-corrected chi connectivity index (χ2v) is 19.2. The molecule has 1 aromatic carbocycles. The van der Waals surface area contributed by atoms with Crippen molar-refractivity contribution >= 4 is 44.6 Å². The number of aromatic nitrogens is 1. The van der Waals surface area contributed by atoms with Gasteiger partial charge in [0.2, 0.25) is 27.7 Å². The van der Waals surface area contributed by atoms with Gasteiger partial charge < -0.3 is 29.5 Å². The Labute approximate surface area is 328 Å². The Balaban J connectivity index is 1.15. The molecular weight excluding hydrogens is 769 g/mol. The number of hydrogen-bond donors (Lipinski definition) is 3. The molecule has 7 atom stereocenters. The van der Waals surface area contributed by atoms with Crippen molar-refractivity contribution in [3.8, 4) is 17.4 Å². The lowest BCUT2D eigenvalue weighted by atomic mass is 9.86. The molecule has 3 aliphatic heterocycles. The van der Waals surface area contributed by atoms with E-state index in [2.05, 4.69) is 19.8 Å². The minimum atomic E-state index is -3.96. The Morgan fingerprint density at radius 1 is 1.11 bits per heavy atom. The summed E-state index contributed by atoms with van der Waals surface area (Å²) in [5.41, 5.74) is -1.89. The molecule has 15 nitrogen and oxygen atoms in total. The molecule has 2 aromatic rings. The van der Waals surface area contributed by atoms with Gasteiger partial charge in [-0.2, -0.15) is 0 Å². The van der Waals surface area contributed by atoms with Gasteiger partial charge in [-0.05, 0) is 86.8 Å². The SMILES string of the molecule is C[C@H]1CCC=C[C@@H]2C[C@@]2(C(=O)NS(=O)(=O)C2CC2)NC(=O)[C@@H]2C[C@@H](Oc3nccc4c5c(ccc34)OC(F)(F)O5)CN2C(=O)[C@@H](N(CC2(C)CC2)C(=O)O)[C@H](C)C1. The third-order valence-corrected chi connectivity index (χ3v) is 14.2. The standard InChI is InChI=1S/C39H47F2N5O10S/c1-21-6-4-5-7-23-18-38(23,35(49)44-57(52,53)25-8-9-25)43-32(47)28-17-24(54-33-27-10-11-29-31(26(27)12-15-42-33)56-39(40,41)55-29)19-45(28)34(48)30(22(2)16-21)46(36(50)51)20-37(3)13-14-37/h5,7,10-12,15,21-25,28,30H,4,6,8-9,13-14,16-20H2,1-3H3,(H,43,47)(H,44,49)(H,50,51)/t21-,22+,23+,24+,28-,30-,38+/m0/s1. The van der Waals surface area contributed by atoms with Gasteiger partial charge in [-0.15, -0.1) is 8.78 Å². The fraction of sp³-hybridized carbons (Fsp3) is 0.615. The summed E-state index contributed by atoms with van der Waals surface area (Å²) in [6.45, 7) is 5.80. The minimum absolute atomic E-state index is 0.0100. The first-order valence-electron chi connectivity index (χ1n) is 19.6. The maximum absolute atomic E-state index is 15.1. The molecule has 3 aliphatic carbocycles. The molecule has 1 aromatic heterocycles. The molecule has 0 bridgehead atoms. The number of rotatable bonds is 8. The van der Waals surface area contributed by atoms with E-state index in [1.165, 1.54) is 34.2 Å². The molecule has 18 heteroatoms. The molecule has 0 spiro atoms. The van der Waals surface area contributed by atoms with E-state index >= 15 is 4.79 Å². The predicted octanol–water partition coefficient (Wildman–Crippen LogP) is 4.55. The molecule has 8 rings (SSSR count). The van der Waals surface area contributed by atoms with E-state index in [0.717, 1.165) is 12.8 Å². The van der Waals surface area contributed by atoms with Crippen LogP contribution in [0.3, 0.4) is 0 Å². The third-order valence-electron chi connectivity index (χ3n) is 12.4. The monoisotopic (exact) mass is 815 g/mol. The number of carboxylic acid groups (broad SMARTS) is 1. The highest BCUT2D eigenvalue weighted by atomic mass is 32.2. The van der Waals surface area contributed by atoms with Crippen LogP contribution in [0.5, 0.6) is 17.4 Å². The third kappa shape index (κ3) is 7.68. The zero-order valence-electron chi connectivity index (χ0n) is 31.9. The zero-order valence-corrected chi connectivity index (χ0v) is 32.7. The minimum Gasteiger partial charge on any atom is -0.472 e. The molecule has 4 fully saturated rings. The molecule has 3 N–H and O–H groups in total. The van der Waals surface area contributed by atoms with Crippen molar-refractivity contribution in [3.63, 3.8) is 0 Å². The smallest absolute Gasteiger partial charge is 0.472 e. The number of carbonyl (C=O) groups excluding carboxylic acids is 3. The van der Waals surface area contributed by atoms with Crippen LogP contribution in [-0.4, -0.2) is 100 Å². The number of allylic oxidation sites excluding steroid dienone is 1. The van der Waals surface area contributed by atoms with Crippen molar-refractivity contribution in [2.45, 2.75) is 114 Å². The molecule has 308 valence electrons. The zero-order chi connectivity index (χ0) is 40.7. The first kappa shape index (κ1) is 39.1. The summed E-state index contributed by atoms with van der Waals surface area (Å²) in [7, 11) is -3.96. The summed E-state index contributed by atoms with van der Waals surface area (Å²) >= 11 is 0. The second kappa shape index (κ2) is 14.0. The highest BCUT2D eigenvalue weighted by Crippen LogP contribution is 2.49. The van der Waals surface area contributed by atoms with Gasteiger partial charge in [-0.25, -0.2) is 18.2 Å². The number of amides is 4. The van der Waals surface area contributed by atoms with Crippen LogP contribution < -0.4 is 24.2 Å². The fourth-order valence-corrected chi connectivity index (χ4v) is 10.0. The lowest BCUT2D eigenvalue weighted by Crippen LogP contribution is -2.60. The Hall–Kier alpha value is -4.74. The van der Waals surface area contributed by atoms with Crippen LogP contribution in [-0.2, 0) is 24.4 Å². The van der Waals surface area contributed by atoms with Crippen LogP contribution in [0.4, 0.5) is 13.6 Å². The van der Waals surface area contributed by atoms with Gasteiger partial charge >= 0.3 is 12.4 Å². The molecule has 0 radical (unpaired) electrons. The highest BCUT2D eigenvalue weighted by Gasteiger charge is 2.62. The summed E-state index contributed by atoms with van der Waals surface area (Å²) in [4.78, 5) is 63.3. The predicted molar refractivity (Wildman–Crippen MR) is 199 cm³/mol. The van der Waals surface area contributed by atoms with Gasteiger partial charge in [-0.3, -0.25) is 24.0 Å². The number of alkyl halides is 2. The number of sulfonamides is 1. The van der Waals surface area contributed by atoms with Crippen LogP contribution in [0.2, 0.25) is 0 Å². The van der Waals surface area contributed by atoms with Crippen molar-refractivity contribution in [1.82, 2.24) is 24.8 Å². The van der Waals surface area contributed by atoms with Crippen LogP contribution in [0, 0.1) is 23.2 Å². The molecule has 57 heavy (non-hydrogen) atoms. The first-order valence-corrected chi connectivity index (χ1v) is 21.1. The lowest BCUT2D eigenvalue weighted by molar-refractivity contribution is -0.286. The normalized spacial score (nSPS) is 31.6. The van der Waals surface area contributed by atoms with Crippen LogP contribution in [0.25, 0.3) is 10.8 Å². The van der Waals surface area contributed by atoms with Gasteiger partial charge in [0.15, 0.2) is 11.5 Å². The number of benzene rings is 1. The van der Waals surface area contributed by atoms with E-state index in [0.29, 0.717) is 37.5 Å². The average molecular weight is 816 g/mol. The van der Waals surface area contributed by atoms with E-state index in [1.54, 1.807) is 0 Å². The Morgan fingerprint density at radius 2 is 1.86 bits per heavy atom. The van der Waals surface area contributed by atoms with Crippen LogP contribution in [0.1, 0.15) is 78.6 Å². The molecule has 0 unspecified atom stereocenters. The Morgan fingerprint density at radius 3 is 2.56 bits per heavy atom. The van der Waals surface area contributed by atoms with Gasteiger partial charge in [0, 0.05) is 35.9 Å². The van der Waals surface area contributed by atoms with E-state index in [-0.39, 0.29) is 60.0 Å². The van der Waals surface area contributed by atoms with E-state index in [4.69, 9.17) is 9.47 Å². The fourth-order valence-electron chi connectivity index (χ4n) is 8.67. The number of halogens is 2. The maximum Gasteiger partial charge on any atom is 0.586 e. The molecule has 3 saturated carbocycles. The van der Waals surface area contributed by atoms with Gasteiger partial charge in [-0.1, -0.05) is 32.9 Å². The molecule has 1 saturated heterocycles. The average Bonchev–Trinajstić information content (AvgIpc) is 4.09. The summed E-state index contributed by atoms with van der Waals surface area (Å²) in [6, 6.07) is 1.81. The number of pyridine rings is 1. The van der Waals surface area contributed by atoms with Crippen LogP contribution in [0.15, 0.2) is 36.5 Å². The molecule has 4 amide bonds. The number of hydrogen-bond acceptors (Lipinski definition) is 10. The number of ether oxygens (including phenoxy) is 3. The van der Waals surface area contributed by atoms with Gasteiger partial charge in [0.25, 0.3) is 5.91 Å². The summed E-state index contributed by atoms with van der Waals surface area (Å²) < 4.78 is 71.8. The quantitative estimate of drug-likeness (QED) is 0.317. The highest BCUT2D eigenvalue weighted by molar-refractivity contribution is 7.91. The Kier molecular flexibility index (Phi) is 9.59. The maximum atomic E-state index is 15.1. The van der Waals surface area contributed by atoms with Crippen molar-refractivity contribution in [1.29, 1.82) is 0 Å². The second-order valence-electron chi connectivity index (χ2n) is 17.2. The summed E-state index contributed by atoms with van der Waals surface area (Å²) in [5, 5.41) is 13.3. The lowest BCUT2D eigenvalue weighted by Gasteiger charge is -2.38. The first-order chi connectivity index (χ1) is 26.9. The van der Waals surface area contributed by atoms with E-state index in [9.17, 15) is 36.7 Å². The topological polar surface area (TPSA) is 194 Å². The number of nitrogens with zero attached hydrogens (tertiary/aromatic N) is 3. The summed E-state index contributed by atoms with van der Waals surface area (Å²) in [6.07, 6.45) is 3.37. The van der Waals surface area contributed by atoms with E-state index in [1.807, 2.05) is 32.9 Å². The van der Waals surface area contributed by atoms with Gasteiger partial charge in [0.05, 0.1) is 11.8 Å². The number of fused-ring (bicyclic) bond motifs is 5. The van der Waals surface area contributed by atoms with Crippen molar-refractivity contribution in [3.05, 3.63) is 36.5 Å². The van der Waals surface area contributed by atoms with E-state index < -0.39 is 80.9 Å². The van der Waals surface area contributed by atoms with Crippen molar-refractivity contribution in [2.24, 2.45) is 23.2 Å². The van der Waals surface area contributed by atoms with Crippen LogP contribution >= 0.6 is 0 Å². The summed E-state index contributed by atoms with van der Waals surface area (Å²) in [5.74, 6) is -3.45. The molecular formula is C39H47F2N5O10S. The van der Waals surface area contributed by atoms with Crippen molar-refractivity contribution in [2.75, 3.05) is 13.1 Å². The number of carbonyl (C=O) groups is 4.